The van der Waals surface area contributed by atoms with Crippen molar-refractivity contribution in [3.8, 4) is 11.6 Å². The fourth-order valence-corrected chi connectivity index (χ4v) is 4.88. The molecule has 1 aliphatic heterocycles. The van der Waals surface area contributed by atoms with Crippen LogP contribution in [0.25, 0.3) is 17.1 Å². The Bertz CT molecular complexity index is 1510. The normalized spacial score (nSPS) is 16.7. The number of hydrogen-bond acceptors (Lipinski definition) is 7. The Balaban J connectivity index is 1.42. The van der Waals surface area contributed by atoms with Crippen LogP contribution in [-0.4, -0.2) is 56.9 Å². The summed E-state index contributed by atoms with van der Waals surface area (Å²) in [7, 11) is 1.77. The van der Waals surface area contributed by atoms with E-state index < -0.39 is 6.04 Å². The Morgan fingerprint density at radius 3 is 2.97 bits per heavy atom. The molecule has 0 radical (unpaired) electrons. The molecule has 5 aromatic rings. The van der Waals surface area contributed by atoms with Gasteiger partial charge in [-0.2, -0.15) is 10.2 Å². The van der Waals surface area contributed by atoms with Gasteiger partial charge < -0.3 is 14.3 Å². The Morgan fingerprint density at radius 2 is 2.18 bits per heavy atom. The van der Waals surface area contributed by atoms with Crippen molar-refractivity contribution in [2.75, 3.05) is 6.54 Å². The number of carbonyl (C=O) groups is 1. The molecule has 172 valence electrons. The second kappa shape index (κ2) is 8.04. The summed E-state index contributed by atoms with van der Waals surface area (Å²) in [4.78, 5) is 23.1. The summed E-state index contributed by atoms with van der Waals surface area (Å²) in [6.07, 6.45) is 3.94. The summed E-state index contributed by atoms with van der Waals surface area (Å²) in [5.74, 6) is -0.199. The van der Waals surface area contributed by atoms with E-state index in [9.17, 15) is 4.79 Å². The lowest BCUT2D eigenvalue weighted by Gasteiger charge is -2.32. The lowest BCUT2D eigenvalue weighted by molar-refractivity contribution is 0.0646. The van der Waals surface area contributed by atoms with Crippen molar-refractivity contribution >= 4 is 34.0 Å². The number of alkyl halides is 1. The summed E-state index contributed by atoms with van der Waals surface area (Å²) in [5, 5.41) is 17.1. The van der Waals surface area contributed by atoms with Crippen LogP contribution in [0, 0.1) is 0 Å². The molecule has 1 aliphatic rings. The number of hydrogen-bond donors (Lipinski definition) is 1. The highest BCUT2D eigenvalue weighted by atomic mass is 127. The highest BCUT2D eigenvalue weighted by molar-refractivity contribution is 14.1. The molecular weight excluding hydrogens is 549 g/mol. The van der Waals surface area contributed by atoms with Crippen LogP contribution in [0.15, 0.2) is 47.3 Å². The zero-order valence-electron chi connectivity index (χ0n) is 18.4. The van der Waals surface area contributed by atoms with Crippen LogP contribution < -0.4 is 0 Å². The predicted octanol–water partition coefficient (Wildman–Crippen LogP) is 3.12. The maximum atomic E-state index is 13.6. The third kappa shape index (κ3) is 3.31. The molecule has 0 saturated carbocycles. The van der Waals surface area contributed by atoms with E-state index in [4.69, 9.17) is 9.52 Å². The number of H-pyrrole nitrogens is 1. The third-order valence-corrected chi connectivity index (χ3v) is 6.69. The van der Waals surface area contributed by atoms with Crippen LogP contribution in [-0.2, 0) is 13.5 Å². The number of nitrogens with zero attached hydrogens (tertiary/aromatic N) is 8. The monoisotopic (exact) mass is 569 g/mol. The van der Waals surface area contributed by atoms with Gasteiger partial charge in [-0.15, -0.1) is 10.2 Å². The number of aromatic amines is 1. The van der Waals surface area contributed by atoms with Gasteiger partial charge in [-0.05, 0) is 31.2 Å². The molecule has 0 spiro atoms. The van der Waals surface area contributed by atoms with E-state index in [1.54, 1.807) is 35.2 Å². The van der Waals surface area contributed by atoms with Gasteiger partial charge in [-0.3, -0.25) is 9.48 Å². The third-order valence-electron chi connectivity index (χ3n) is 6.06. The maximum Gasteiger partial charge on any atom is 0.312 e. The molecule has 6 heterocycles. The second-order valence-electron chi connectivity index (χ2n) is 8.14. The number of pyridine rings is 1. The van der Waals surface area contributed by atoms with Gasteiger partial charge in [-0.1, -0.05) is 28.7 Å². The fourth-order valence-electron chi connectivity index (χ4n) is 4.41. The molecule has 0 aromatic carbocycles. The van der Waals surface area contributed by atoms with E-state index in [0.29, 0.717) is 18.7 Å². The van der Waals surface area contributed by atoms with Gasteiger partial charge in [-0.25, -0.2) is 9.50 Å². The molecule has 5 aromatic heterocycles. The molecule has 0 bridgehead atoms. The van der Waals surface area contributed by atoms with Crippen molar-refractivity contribution in [3.63, 3.8) is 0 Å². The van der Waals surface area contributed by atoms with Gasteiger partial charge in [0.15, 0.2) is 0 Å². The number of aromatic nitrogens is 8. The van der Waals surface area contributed by atoms with Crippen LogP contribution in [0.3, 0.4) is 0 Å². The van der Waals surface area contributed by atoms with Crippen LogP contribution in [0.2, 0.25) is 0 Å². The van der Waals surface area contributed by atoms with Crippen molar-refractivity contribution in [2.45, 2.75) is 23.3 Å². The highest BCUT2D eigenvalue weighted by Gasteiger charge is 2.38. The molecule has 0 aliphatic carbocycles. The van der Waals surface area contributed by atoms with Crippen LogP contribution in [0.4, 0.5) is 0 Å². The smallest absolute Gasteiger partial charge is 0.312 e. The first-order valence-electron chi connectivity index (χ1n) is 10.8. The van der Waals surface area contributed by atoms with E-state index in [2.05, 4.69) is 60.8 Å². The molecule has 2 atom stereocenters. The Morgan fingerprint density at radius 1 is 1.29 bits per heavy atom. The first kappa shape index (κ1) is 21.0. The van der Waals surface area contributed by atoms with E-state index in [1.165, 1.54) is 0 Å². The van der Waals surface area contributed by atoms with E-state index >= 15 is 0 Å². The topological polar surface area (TPSA) is 123 Å². The molecular formula is C22H20IN9O2. The number of carbonyl (C=O) groups excluding carboxylic acids is 1. The van der Waals surface area contributed by atoms with E-state index in [0.717, 1.165) is 28.3 Å². The number of fused-ring (bicyclic) bond motifs is 2. The average molecular weight is 569 g/mol. The van der Waals surface area contributed by atoms with Crippen molar-refractivity contribution in [2.24, 2.45) is 7.05 Å². The summed E-state index contributed by atoms with van der Waals surface area (Å²) in [5.41, 5.74) is 5.18. The minimum atomic E-state index is -0.480. The summed E-state index contributed by atoms with van der Waals surface area (Å²) >= 11 is 2.37. The molecule has 11 nitrogen and oxygen atoms in total. The van der Waals surface area contributed by atoms with Gasteiger partial charge in [0.05, 0.1) is 32.9 Å². The molecule has 1 amide bonds. The molecule has 6 rings (SSSR count). The number of aryl methyl sites for hydroxylation is 1. The number of amides is 1. The van der Waals surface area contributed by atoms with Crippen molar-refractivity contribution in [1.82, 2.24) is 44.5 Å². The van der Waals surface area contributed by atoms with Crippen LogP contribution >= 0.6 is 22.6 Å². The quantitative estimate of drug-likeness (QED) is 0.261. The SMILES string of the molecule is CC(I)c1cccc2cc([C@@H]3c4nc[nH]c4CCN3C(=O)c3nnc(-c4ccnn4C)o3)nn12. The molecule has 0 fully saturated rings. The standard InChI is InChI=1S/C22H20IN9O2/c1-12(23)16-5-3-4-13-10-15(29-32(13)16)19-18-14(24-11-25-18)7-9-31(19)22(33)21-28-27-20(34-21)17-6-8-26-30(17)2/h3-6,8,10-12,19H,7,9H2,1-2H3,(H,24,25)/t12?,19-/m1/s1. The first-order valence-corrected chi connectivity index (χ1v) is 12.0. The lowest BCUT2D eigenvalue weighted by Crippen LogP contribution is -2.41. The number of nitrogens with one attached hydrogen (secondary N) is 1. The fraction of sp³-hybridized carbons (Fsp3) is 0.273. The van der Waals surface area contributed by atoms with Gasteiger partial charge >= 0.3 is 11.8 Å². The average Bonchev–Trinajstić information content (AvgIpc) is 3.62. The van der Waals surface area contributed by atoms with Gasteiger partial charge in [0, 0.05) is 31.9 Å². The van der Waals surface area contributed by atoms with Gasteiger partial charge in [0.25, 0.3) is 5.89 Å². The Labute approximate surface area is 207 Å². The van der Waals surface area contributed by atoms with Crippen molar-refractivity contribution < 1.29 is 9.21 Å². The largest absolute Gasteiger partial charge is 0.411 e. The summed E-state index contributed by atoms with van der Waals surface area (Å²) in [6, 6.07) is 9.37. The van der Waals surface area contributed by atoms with Crippen LogP contribution in [0.5, 0.6) is 0 Å². The highest BCUT2D eigenvalue weighted by Crippen LogP contribution is 2.35. The first-order chi connectivity index (χ1) is 16.5. The zero-order valence-corrected chi connectivity index (χ0v) is 20.5. The van der Waals surface area contributed by atoms with E-state index in [-0.39, 0.29) is 21.6 Å². The lowest BCUT2D eigenvalue weighted by atomic mass is 9.99. The number of imidazole rings is 1. The summed E-state index contributed by atoms with van der Waals surface area (Å²) < 4.78 is 9.57. The Hall–Kier alpha value is -3.55. The van der Waals surface area contributed by atoms with Crippen molar-refractivity contribution in [1.29, 1.82) is 0 Å². The minimum absolute atomic E-state index is 0.0782. The van der Waals surface area contributed by atoms with E-state index in [1.807, 2.05) is 22.7 Å². The molecule has 0 saturated heterocycles. The minimum Gasteiger partial charge on any atom is -0.411 e. The molecule has 12 heteroatoms. The van der Waals surface area contributed by atoms with Crippen molar-refractivity contribution in [3.05, 3.63) is 71.5 Å². The number of halogens is 1. The van der Waals surface area contributed by atoms with Gasteiger partial charge in [0.1, 0.15) is 11.7 Å². The molecule has 34 heavy (non-hydrogen) atoms. The Kier molecular flexibility index (Phi) is 4.97. The maximum absolute atomic E-state index is 13.6. The second-order valence-corrected chi connectivity index (χ2v) is 10.0. The zero-order chi connectivity index (χ0) is 23.4. The van der Waals surface area contributed by atoms with Gasteiger partial charge in [0.2, 0.25) is 0 Å². The molecule has 1 unspecified atom stereocenters. The molecule has 1 N–H and O–H groups in total. The predicted molar refractivity (Wildman–Crippen MR) is 129 cm³/mol. The van der Waals surface area contributed by atoms with Crippen LogP contribution in [0.1, 0.15) is 50.4 Å². The summed E-state index contributed by atoms with van der Waals surface area (Å²) in [6.45, 7) is 2.58. The number of rotatable bonds is 4.